The van der Waals surface area contributed by atoms with Gasteiger partial charge in [-0.1, -0.05) is 35.9 Å². The van der Waals surface area contributed by atoms with E-state index in [1.54, 1.807) is 0 Å². The highest BCUT2D eigenvalue weighted by atomic mass is 35.5. The maximum Gasteiger partial charge on any atom is 0.151 e. The fraction of sp³-hybridized carbons (Fsp3) is 0.357. The number of hydrogen-bond acceptors (Lipinski definition) is 2. The predicted octanol–water partition coefficient (Wildman–Crippen LogP) is 2.79. The van der Waals surface area contributed by atoms with Crippen molar-refractivity contribution in [2.24, 2.45) is 5.73 Å². The van der Waals surface area contributed by atoms with E-state index in [9.17, 15) is 0 Å². The lowest BCUT2D eigenvalue weighted by atomic mass is 10.0. The zero-order chi connectivity index (χ0) is 12.7. The Balaban J connectivity index is 2.15. The Hall–Kier alpha value is -1.32. The van der Waals surface area contributed by atoms with E-state index in [4.69, 9.17) is 17.3 Å². The number of imidazole rings is 1. The molecule has 0 spiro atoms. The normalized spacial score (nSPS) is 18.7. The Morgan fingerprint density at radius 3 is 2.94 bits per heavy atom. The summed E-state index contributed by atoms with van der Waals surface area (Å²) in [6, 6.07) is 8.47. The van der Waals surface area contributed by atoms with Crippen LogP contribution in [0.1, 0.15) is 17.7 Å². The molecule has 0 saturated heterocycles. The summed E-state index contributed by atoms with van der Waals surface area (Å²) in [5.74, 6) is 0.972. The van der Waals surface area contributed by atoms with Gasteiger partial charge in [0.1, 0.15) is 5.82 Å². The lowest BCUT2D eigenvalue weighted by Crippen LogP contribution is -2.30. The third-order valence-electron chi connectivity index (χ3n) is 3.59. The van der Waals surface area contributed by atoms with Gasteiger partial charge in [-0.15, -0.1) is 0 Å². The minimum absolute atomic E-state index is 0.205. The molecule has 2 N–H and O–H groups in total. The van der Waals surface area contributed by atoms with E-state index in [-0.39, 0.29) is 6.04 Å². The molecule has 1 atom stereocenters. The summed E-state index contributed by atoms with van der Waals surface area (Å²) in [7, 11) is 0. The maximum atomic E-state index is 6.24. The van der Waals surface area contributed by atoms with Crippen LogP contribution in [0.2, 0.25) is 5.15 Å². The maximum absolute atomic E-state index is 6.24. The SMILES string of the molecule is Cc1ccccc1-c1nc(Cl)c2n1CCC(N)C2. The Morgan fingerprint density at radius 2 is 2.17 bits per heavy atom. The van der Waals surface area contributed by atoms with Crippen molar-refractivity contribution in [1.29, 1.82) is 0 Å². The van der Waals surface area contributed by atoms with Crippen LogP contribution in [0.4, 0.5) is 0 Å². The van der Waals surface area contributed by atoms with Crippen LogP contribution >= 0.6 is 11.6 Å². The number of aryl methyl sites for hydroxylation is 1. The molecule has 0 amide bonds. The zero-order valence-corrected chi connectivity index (χ0v) is 11.1. The Bertz CT molecular complexity index is 589. The van der Waals surface area contributed by atoms with Crippen LogP contribution in [0, 0.1) is 6.92 Å². The van der Waals surface area contributed by atoms with Crippen molar-refractivity contribution in [3.05, 3.63) is 40.7 Å². The van der Waals surface area contributed by atoms with Gasteiger partial charge in [-0.05, 0) is 18.9 Å². The van der Waals surface area contributed by atoms with E-state index in [0.717, 1.165) is 36.5 Å². The van der Waals surface area contributed by atoms with Crippen molar-refractivity contribution in [2.45, 2.75) is 32.4 Å². The van der Waals surface area contributed by atoms with E-state index in [1.807, 2.05) is 12.1 Å². The van der Waals surface area contributed by atoms with E-state index in [1.165, 1.54) is 5.56 Å². The number of benzene rings is 1. The summed E-state index contributed by atoms with van der Waals surface area (Å²) >= 11 is 6.24. The molecular formula is C14H16ClN3. The van der Waals surface area contributed by atoms with Gasteiger partial charge in [0.25, 0.3) is 0 Å². The third-order valence-corrected chi connectivity index (χ3v) is 3.89. The average molecular weight is 262 g/mol. The number of halogens is 1. The van der Waals surface area contributed by atoms with E-state index in [0.29, 0.717) is 5.15 Å². The molecule has 1 aromatic heterocycles. The van der Waals surface area contributed by atoms with Crippen LogP contribution in [0.5, 0.6) is 0 Å². The average Bonchev–Trinajstić information content (AvgIpc) is 2.67. The lowest BCUT2D eigenvalue weighted by Gasteiger charge is -2.22. The van der Waals surface area contributed by atoms with Gasteiger partial charge in [0.15, 0.2) is 5.15 Å². The predicted molar refractivity (Wildman–Crippen MR) is 73.7 cm³/mol. The van der Waals surface area contributed by atoms with Gasteiger partial charge >= 0.3 is 0 Å². The van der Waals surface area contributed by atoms with Gasteiger partial charge in [0.2, 0.25) is 0 Å². The molecule has 0 saturated carbocycles. The highest BCUT2D eigenvalue weighted by Crippen LogP contribution is 2.31. The van der Waals surface area contributed by atoms with E-state index < -0.39 is 0 Å². The first-order valence-corrected chi connectivity index (χ1v) is 6.61. The van der Waals surface area contributed by atoms with Crippen molar-refractivity contribution in [3.63, 3.8) is 0 Å². The van der Waals surface area contributed by atoms with Crippen LogP contribution in [0.25, 0.3) is 11.4 Å². The zero-order valence-electron chi connectivity index (χ0n) is 10.4. The van der Waals surface area contributed by atoms with Crippen LogP contribution < -0.4 is 5.73 Å². The first-order valence-electron chi connectivity index (χ1n) is 6.23. The molecule has 1 aliphatic rings. The highest BCUT2D eigenvalue weighted by Gasteiger charge is 2.23. The molecule has 1 aromatic carbocycles. The van der Waals surface area contributed by atoms with E-state index in [2.05, 4.69) is 28.6 Å². The van der Waals surface area contributed by atoms with Crippen molar-refractivity contribution < 1.29 is 0 Å². The number of nitrogens with two attached hydrogens (primary N) is 1. The molecule has 3 nitrogen and oxygen atoms in total. The monoisotopic (exact) mass is 261 g/mol. The molecule has 3 rings (SSSR count). The van der Waals surface area contributed by atoms with Crippen LogP contribution in [-0.2, 0) is 13.0 Å². The van der Waals surface area contributed by atoms with E-state index >= 15 is 0 Å². The fourth-order valence-electron chi connectivity index (χ4n) is 2.57. The third kappa shape index (κ3) is 1.84. The van der Waals surface area contributed by atoms with Gasteiger partial charge in [0.05, 0.1) is 5.69 Å². The summed E-state index contributed by atoms with van der Waals surface area (Å²) in [6.45, 7) is 3.00. The number of aromatic nitrogens is 2. The molecule has 94 valence electrons. The van der Waals surface area contributed by atoms with Crippen molar-refractivity contribution in [3.8, 4) is 11.4 Å². The first kappa shape index (κ1) is 11.8. The smallest absolute Gasteiger partial charge is 0.151 e. The van der Waals surface area contributed by atoms with Crippen molar-refractivity contribution in [1.82, 2.24) is 9.55 Å². The second-order valence-corrected chi connectivity index (χ2v) is 5.25. The summed E-state index contributed by atoms with van der Waals surface area (Å²) in [4.78, 5) is 4.53. The summed E-state index contributed by atoms with van der Waals surface area (Å²) < 4.78 is 2.22. The Kier molecular flexibility index (Phi) is 2.88. The van der Waals surface area contributed by atoms with Gasteiger partial charge in [0, 0.05) is 24.6 Å². The molecule has 1 unspecified atom stereocenters. The molecule has 0 bridgehead atoms. The largest absolute Gasteiger partial charge is 0.327 e. The van der Waals surface area contributed by atoms with Gasteiger partial charge in [-0.3, -0.25) is 0 Å². The lowest BCUT2D eigenvalue weighted by molar-refractivity contribution is 0.475. The molecule has 0 fully saturated rings. The molecule has 1 aliphatic heterocycles. The van der Waals surface area contributed by atoms with Crippen molar-refractivity contribution in [2.75, 3.05) is 0 Å². The number of fused-ring (bicyclic) bond motifs is 1. The second-order valence-electron chi connectivity index (χ2n) is 4.89. The molecule has 4 heteroatoms. The van der Waals surface area contributed by atoms with Gasteiger partial charge in [-0.25, -0.2) is 4.98 Å². The molecule has 18 heavy (non-hydrogen) atoms. The van der Waals surface area contributed by atoms with Crippen LogP contribution in [0.3, 0.4) is 0 Å². The van der Waals surface area contributed by atoms with Gasteiger partial charge < -0.3 is 10.3 Å². The minimum atomic E-state index is 0.205. The van der Waals surface area contributed by atoms with Crippen molar-refractivity contribution >= 4 is 11.6 Å². The second kappa shape index (κ2) is 4.41. The Labute approximate surface area is 112 Å². The highest BCUT2D eigenvalue weighted by molar-refractivity contribution is 6.30. The van der Waals surface area contributed by atoms with Crippen LogP contribution in [-0.4, -0.2) is 15.6 Å². The topological polar surface area (TPSA) is 43.8 Å². The Morgan fingerprint density at radius 1 is 1.39 bits per heavy atom. The fourth-order valence-corrected chi connectivity index (χ4v) is 2.83. The number of rotatable bonds is 1. The molecule has 2 aromatic rings. The first-order chi connectivity index (χ1) is 8.66. The molecule has 0 aliphatic carbocycles. The number of nitrogens with zero attached hydrogens (tertiary/aromatic N) is 2. The number of hydrogen-bond donors (Lipinski definition) is 1. The summed E-state index contributed by atoms with van der Waals surface area (Å²) in [5.41, 5.74) is 9.45. The summed E-state index contributed by atoms with van der Waals surface area (Å²) in [5, 5.41) is 0.600. The molecule has 2 heterocycles. The standard InChI is InChI=1S/C14H16ClN3/c1-9-4-2-3-5-11(9)14-17-13(15)12-8-10(16)6-7-18(12)14/h2-5,10H,6-8,16H2,1H3. The van der Waals surface area contributed by atoms with Crippen LogP contribution in [0.15, 0.2) is 24.3 Å². The quantitative estimate of drug-likeness (QED) is 0.858. The summed E-state index contributed by atoms with van der Waals surface area (Å²) in [6.07, 6.45) is 1.80. The van der Waals surface area contributed by atoms with Gasteiger partial charge in [-0.2, -0.15) is 0 Å². The molecule has 0 radical (unpaired) electrons. The molecular weight excluding hydrogens is 246 g/mol. The minimum Gasteiger partial charge on any atom is -0.327 e.